The molecule has 1 atom stereocenters. The summed E-state index contributed by atoms with van der Waals surface area (Å²) < 4.78 is 29.4. The van der Waals surface area contributed by atoms with Crippen LogP contribution in [0.3, 0.4) is 0 Å². The summed E-state index contributed by atoms with van der Waals surface area (Å²) in [6, 6.07) is 4.60. The highest BCUT2D eigenvalue weighted by molar-refractivity contribution is 7.79. The number of hydrogen-bond acceptors (Lipinski definition) is 3. The van der Waals surface area contributed by atoms with E-state index in [0.29, 0.717) is 11.5 Å². The Morgan fingerprint density at radius 3 is 1.92 bits per heavy atom. The van der Waals surface area contributed by atoms with Crippen molar-refractivity contribution < 1.29 is 18.2 Å². The van der Waals surface area contributed by atoms with Crippen molar-refractivity contribution >= 4 is 11.1 Å². The predicted molar refractivity (Wildman–Crippen MR) is 48.6 cm³/mol. The van der Waals surface area contributed by atoms with E-state index in [0.717, 1.165) is 0 Å². The van der Waals surface area contributed by atoms with Crippen molar-refractivity contribution in [1.29, 1.82) is 0 Å². The van der Waals surface area contributed by atoms with E-state index in [1.165, 1.54) is 26.4 Å². The van der Waals surface area contributed by atoms with E-state index < -0.39 is 11.1 Å². The molecule has 0 amide bonds. The smallest absolute Gasteiger partial charge is 0.186 e. The van der Waals surface area contributed by atoms with Crippen LogP contribution >= 0.6 is 0 Å². The van der Waals surface area contributed by atoms with Gasteiger partial charge in [0.2, 0.25) is 0 Å². The van der Waals surface area contributed by atoms with Gasteiger partial charge in [0.15, 0.2) is 11.1 Å². The summed E-state index contributed by atoms with van der Waals surface area (Å²) in [4.78, 5) is 0.260. The van der Waals surface area contributed by atoms with Gasteiger partial charge in [-0.3, -0.25) is 0 Å². The van der Waals surface area contributed by atoms with Gasteiger partial charge in [-0.05, 0) is 12.1 Å². The van der Waals surface area contributed by atoms with E-state index in [9.17, 15) is 4.21 Å². The normalized spacial score (nSPS) is 12.2. The Kier molecular flexibility index (Phi) is 3.27. The average molecular weight is 202 g/mol. The maximum atomic E-state index is 10.7. The van der Waals surface area contributed by atoms with Crippen LogP contribution in [0.15, 0.2) is 23.1 Å². The standard InChI is InChI=1S/C8H10O4S/c1-11-6-3-7(12-2)5-8(4-6)13(9)10/h3-5H,1-2H3,(H,9,10). The van der Waals surface area contributed by atoms with E-state index in [1.54, 1.807) is 6.07 Å². The van der Waals surface area contributed by atoms with E-state index in [-0.39, 0.29) is 4.90 Å². The van der Waals surface area contributed by atoms with Crippen molar-refractivity contribution in [2.75, 3.05) is 14.2 Å². The zero-order valence-corrected chi connectivity index (χ0v) is 8.13. The Morgan fingerprint density at radius 2 is 1.62 bits per heavy atom. The second-order valence-corrected chi connectivity index (χ2v) is 3.27. The van der Waals surface area contributed by atoms with Gasteiger partial charge < -0.3 is 14.0 Å². The highest BCUT2D eigenvalue weighted by Crippen LogP contribution is 2.23. The number of rotatable bonds is 3. The molecule has 0 bridgehead atoms. The van der Waals surface area contributed by atoms with Crippen molar-refractivity contribution in [3.63, 3.8) is 0 Å². The Morgan fingerprint density at radius 1 is 1.15 bits per heavy atom. The first-order chi connectivity index (χ1) is 6.17. The Bertz CT molecular complexity index is 302. The molecule has 5 heteroatoms. The molecule has 72 valence electrons. The highest BCUT2D eigenvalue weighted by atomic mass is 32.2. The molecule has 4 nitrogen and oxygen atoms in total. The van der Waals surface area contributed by atoms with Gasteiger partial charge in [-0.2, -0.15) is 0 Å². The molecule has 1 rings (SSSR count). The quantitative estimate of drug-likeness (QED) is 0.750. The van der Waals surface area contributed by atoms with Crippen LogP contribution in [0.1, 0.15) is 0 Å². The molecule has 0 spiro atoms. The largest absolute Gasteiger partial charge is 0.497 e. The molecule has 0 aliphatic heterocycles. The third-order valence-electron chi connectivity index (χ3n) is 1.53. The van der Waals surface area contributed by atoms with Gasteiger partial charge in [-0.25, -0.2) is 4.21 Å². The van der Waals surface area contributed by atoms with Crippen molar-refractivity contribution in [1.82, 2.24) is 0 Å². The summed E-state index contributed by atoms with van der Waals surface area (Å²) >= 11 is -2.01. The SMILES string of the molecule is COc1cc(OC)cc(S(=O)O)c1. The summed E-state index contributed by atoms with van der Waals surface area (Å²) in [5.74, 6) is 0.994. The number of hydrogen-bond donors (Lipinski definition) is 1. The van der Waals surface area contributed by atoms with Crippen molar-refractivity contribution in [2.24, 2.45) is 0 Å². The summed E-state index contributed by atoms with van der Waals surface area (Å²) in [5, 5.41) is 0. The number of ether oxygens (including phenoxy) is 2. The molecule has 0 heterocycles. The fourth-order valence-electron chi connectivity index (χ4n) is 0.882. The first-order valence-electron chi connectivity index (χ1n) is 3.51. The van der Waals surface area contributed by atoms with Gasteiger partial charge in [0.1, 0.15) is 11.5 Å². The van der Waals surface area contributed by atoms with Crippen LogP contribution < -0.4 is 9.47 Å². The minimum atomic E-state index is -2.01. The van der Waals surface area contributed by atoms with Crippen LogP contribution in [0.25, 0.3) is 0 Å². The van der Waals surface area contributed by atoms with E-state index in [1.807, 2.05) is 0 Å². The molecule has 1 N–H and O–H groups in total. The van der Waals surface area contributed by atoms with E-state index in [4.69, 9.17) is 14.0 Å². The molecule has 0 fully saturated rings. The summed E-state index contributed by atoms with van der Waals surface area (Å²) in [6.45, 7) is 0. The van der Waals surface area contributed by atoms with Gasteiger partial charge in [-0.1, -0.05) is 0 Å². The topological polar surface area (TPSA) is 55.8 Å². The van der Waals surface area contributed by atoms with Crippen LogP contribution in [0, 0.1) is 0 Å². The molecule has 0 radical (unpaired) electrons. The predicted octanol–water partition coefficient (Wildman–Crippen LogP) is 1.28. The first-order valence-corrected chi connectivity index (χ1v) is 4.62. The Balaban J connectivity index is 3.14. The van der Waals surface area contributed by atoms with Gasteiger partial charge in [0.25, 0.3) is 0 Å². The van der Waals surface area contributed by atoms with E-state index in [2.05, 4.69) is 0 Å². The summed E-state index contributed by atoms with van der Waals surface area (Å²) in [5.41, 5.74) is 0. The first kappa shape index (κ1) is 10.0. The number of benzene rings is 1. The third-order valence-corrected chi connectivity index (χ3v) is 2.17. The zero-order valence-electron chi connectivity index (χ0n) is 7.31. The van der Waals surface area contributed by atoms with Crippen molar-refractivity contribution in [3.8, 4) is 11.5 Å². The molecule has 0 aromatic heterocycles. The van der Waals surface area contributed by atoms with Crippen molar-refractivity contribution in [2.45, 2.75) is 4.90 Å². The minimum absolute atomic E-state index is 0.260. The zero-order chi connectivity index (χ0) is 9.84. The fourth-order valence-corrected chi connectivity index (χ4v) is 1.32. The lowest BCUT2D eigenvalue weighted by atomic mass is 10.3. The average Bonchev–Trinajstić information content (AvgIpc) is 2.16. The van der Waals surface area contributed by atoms with Crippen LogP contribution in [0.4, 0.5) is 0 Å². The van der Waals surface area contributed by atoms with Crippen LogP contribution in [-0.2, 0) is 11.1 Å². The third kappa shape index (κ3) is 2.43. The van der Waals surface area contributed by atoms with Crippen LogP contribution in [-0.4, -0.2) is 23.0 Å². The lowest BCUT2D eigenvalue weighted by molar-refractivity contribution is 0.392. The minimum Gasteiger partial charge on any atom is -0.497 e. The Hall–Kier alpha value is -1.07. The molecule has 1 unspecified atom stereocenters. The monoisotopic (exact) mass is 202 g/mol. The second kappa shape index (κ2) is 4.25. The van der Waals surface area contributed by atoms with Crippen LogP contribution in [0.2, 0.25) is 0 Å². The molecule has 0 saturated carbocycles. The molecule has 0 aliphatic rings. The molecule has 0 aliphatic carbocycles. The molecule has 0 saturated heterocycles. The molecule has 13 heavy (non-hydrogen) atoms. The molecular weight excluding hydrogens is 192 g/mol. The maximum absolute atomic E-state index is 10.7. The Labute approximate surface area is 78.8 Å². The maximum Gasteiger partial charge on any atom is 0.186 e. The van der Waals surface area contributed by atoms with Gasteiger partial charge in [0.05, 0.1) is 19.1 Å². The molecular formula is C8H10O4S. The fraction of sp³-hybridized carbons (Fsp3) is 0.250. The summed E-state index contributed by atoms with van der Waals surface area (Å²) in [6.07, 6.45) is 0. The van der Waals surface area contributed by atoms with E-state index >= 15 is 0 Å². The molecule has 1 aromatic rings. The van der Waals surface area contributed by atoms with Gasteiger partial charge >= 0.3 is 0 Å². The summed E-state index contributed by atoms with van der Waals surface area (Å²) in [7, 11) is 2.97. The van der Waals surface area contributed by atoms with Gasteiger partial charge in [0, 0.05) is 6.07 Å². The lowest BCUT2D eigenvalue weighted by Crippen LogP contribution is -1.93. The van der Waals surface area contributed by atoms with Crippen LogP contribution in [0.5, 0.6) is 11.5 Å². The number of methoxy groups -OCH3 is 2. The van der Waals surface area contributed by atoms with Gasteiger partial charge in [-0.15, -0.1) is 0 Å². The second-order valence-electron chi connectivity index (χ2n) is 2.30. The molecule has 1 aromatic carbocycles. The highest BCUT2D eigenvalue weighted by Gasteiger charge is 2.05. The lowest BCUT2D eigenvalue weighted by Gasteiger charge is -2.05. The van der Waals surface area contributed by atoms with Crippen molar-refractivity contribution in [3.05, 3.63) is 18.2 Å².